The first-order valence-electron chi connectivity index (χ1n) is 9.96. The summed E-state index contributed by atoms with van der Waals surface area (Å²) in [5.74, 6) is 0.102. The summed E-state index contributed by atoms with van der Waals surface area (Å²) in [5.41, 5.74) is 3.71. The summed E-state index contributed by atoms with van der Waals surface area (Å²) in [6, 6.07) is 15.8. The molecule has 0 spiro atoms. The number of carbonyl (C=O) groups excluding carboxylic acids is 1. The molecular formula is C23H26N4O2. The predicted octanol–water partition coefficient (Wildman–Crippen LogP) is 3.14. The van der Waals surface area contributed by atoms with E-state index in [9.17, 15) is 4.79 Å². The highest BCUT2D eigenvalue weighted by molar-refractivity contribution is 5.95. The maximum atomic E-state index is 12.8. The van der Waals surface area contributed by atoms with Crippen LogP contribution in [0.5, 0.6) is 0 Å². The van der Waals surface area contributed by atoms with Crippen LogP contribution in [0.3, 0.4) is 0 Å². The molecule has 150 valence electrons. The van der Waals surface area contributed by atoms with E-state index < -0.39 is 0 Å². The summed E-state index contributed by atoms with van der Waals surface area (Å²) in [4.78, 5) is 17.0. The summed E-state index contributed by atoms with van der Waals surface area (Å²) in [6.45, 7) is 4.97. The number of nitrogens with zero attached hydrogens (tertiary/aromatic N) is 3. The first-order chi connectivity index (χ1) is 14.2. The van der Waals surface area contributed by atoms with Crippen molar-refractivity contribution in [1.82, 2.24) is 20.0 Å². The standard InChI is InChI=1S/C23H26N4O2/c1-29-17-16-26-12-14-27(15-13-26)23(28)19-9-6-18(7-10-19)8-11-22-20-4-2-3-5-21(20)24-25-22/h2-11H,12-17H2,1H3,(H,24,25). The van der Waals surface area contributed by atoms with Gasteiger partial charge in [0.15, 0.2) is 0 Å². The minimum atomic E-state index is 0.102. The highest BCUT2D eigenvalue weighted by Gasteiger charge is 2.21. The number of aromatic amines is 1. The number of benzene rings is 2. The second-order valence-electron chi connectivity index (χ2n) is 7.24. The molecule has 1 fully saturated rings. The summed E-state index contributed by atoms with van der Waals surface area (Å²) >= 11 is 0. The molecule has 0 bridgehead atoms. The third-order valence-electron chi connectivity index (χ3n) is 5.36. The second-order valence-corrected chi connectivity index (χ2v) is 7.24. The summed E-state index contributed by atoms with van der Waals surface area (Å²) in [5, 5.41) is 8.49. The number of methoxy groups -OCH3 is 1. The molecule has 0 unspecified atom stereocenters. The molecule has 0 saturated carbocycles. The molecule has 1 aliphatic heterocycles. The number of hydrogen-bond donors (Lipinski definition) is 1. The maximum absolute atomic E-state index is 12.8. The lowest BCUT2D eigenvalue weighted by molar-refractivity contribution is 0.0594. The average Bonchev–Trinajstić information content (AvgIpc) is 3.20. The van der Waals surface area contributed by atoms with E-state index in [1.54, 1.807) is 7.11 Å². The fourth-order valence-corrected chi connectivity index (χ4v) is 3.60. The molecule has 6 heteroatoms. The zero-order valence-electron chi connectivity index (χ0n) is 16.7. The quantitative estimate of drug-likeness (QED) is 0.702. The molecule has 1 N–H and O–H groups in total. The van der Waals surface area contributed by atoms with E-state index in [4.69, 9.17) is 4.74 Å². The first-order valence-corrected chi connectivity index (χ1v) is 9.96. The van der Waals surface area contributed by atoms with Crippen molar-refractivity contribution < 1.29 is 9.53 Å². The highest BCUT2D eigenvalue weighted by atomic mass is 16.5. The van der Waals surface area contributed by atoms with E-state index in [0.717, 1.165) is 67.1 Å². The molecule has 1 aromatic heterocycles. The van der Waals surface area contributed by atoms with Crippen LogP contribution in [0.15, 0.2) is 48.5 Å². The lowest BCUT2D eigenvalue weighted by Gasteiger charge is -2.34. The molecule has 4 rings (SSSR count). The van der Waals surface area contributed by atoms with Crippen LogP contribution in [0.1, 0.15) is 21.6 Å². The number of amides is 1. The fraction of sp³-hybridized carbons (Fsp3) is 0.304. The largest absolute Gasteiger partial charge is 0.383 e. The van der Waals surface area contributed by atoms with Crippen molar-refractivity contribution in [1.29, 1.82) is 0 Å². The monoisotopic (exact) mass is 390 g/mol. The number of para-hydroxylation sites is 1. The minimum Gasteiger partial charge on any atom is -0.383 e. The molecular weight excluding hydrogens is 364 g/mol. The number of piperazine rings is 1. The van der Waals surface area contributed by atoms with Gasteiger partial charge in [-0.05, 0) is 29.8 Å². The molecule has 0 radical (unpaired) electrons. The van der Waals surface area contributed by atoms with Gasteiger partial charge in [0.25, 0.3) is 5.91 Å². The van der Waals surface area contributed by atoms with Crippen LogP contribution in [0, 0.1) is 0 Å². The molecule has 0 atom stereocenters. The van der Waals surface area contributed by atoms with E-state index >= 15 is 0 Å². The third-order valence-corrected chi connectivity index (χ3v) is 5.36. The Labute approximate surface area is 170 Å². The Bertz CT molecular complexity index is 986. The number of ether oxygens (including phenoxy) is 1. The Morgan fingerprint density at radius 2 is 1.83 bits per heavy atom. The van der Waals surface area contributed by atoms with Crippen LogP contribution >= 0.6 is 0 Å². The topological polar surface area (TPSA) is 61.5 Å². The predicted molar refractivity (Wildman–Crippen MR) is 116 cm³/mol. The number of carbonyl (C=O) groups is 1. The number of aromatic nitrogens is 2. The fourth-order valence-electron chi connectivity index (χ4n) is 3.60. The molecule has 1 amide bonds. The van der Waals surface area contributed by atoms with Crippen molar-refractivity contribution in [2.24, 2.45) is 0 Å². The molecule has 2 aromatic carbocycles. The lowest BCUT2D eigenvalue weighted by atomic mass is 10.1. The minimum absolute atomic E-state index is 0.102. The van der Waals surface area contributed by atoms with Gasteiger partial charge < -0.3 is 9.64 Å². The van der Waals surface area contributed by atoms with Crippen molar-refractivity contribution in [3.63, 3.8) is 0 Å². The van der Waals surface area contributed by atoms with Gasteiger partial charge in [0.05, 0.1) is 17.8 Å². The van der Waals surface area contributed by atoms with Gasteiger partial charge in [0.1, 0.15) is 0 Å². The molecule has 3 aromatic rings. The molecule has 2 heterocycles. The number of nitrogens with one attached hydrogen (secondary N) is 1. The van der Waals surface area contributed by atoms with E-state index in [0.29, 0.717) is 0 Å². The molecule has 1 aliphatic rings. The van der Waals surface area contributed by atoms with Crippen LogP contribution in [0.2, 0.25) is 0 Å². The summed E-state index contributed by atoms with van der Waals surface area (Å²) in [6.07, 6.45) is 4.01. The van der Waals surface area contributed by atoms with Gasteiger partial charge in [-0.25, -0.2) is 0 Å². The zero-order chi connectivity index (χ0) is 20.1. The van der Waals surface area contributed by atoms with Gasteiger partial charge in [0, 0.05) is 50.8 Å². The van der Waals surface area contributed by atoms with Crippen LogP contribution in [0.4, 0.5) is 0 Å². The molecule has 29 heavy (non-hydrogen) atoms. The average molecular weight is 390 g/mol. The van der Waals surface area contributed by atoms with Crippen molar-refractivity contribution in [2.45, 2.75) is 0 Å². The van der Waals surface area contributed by atoms with Gasteiger partial charge in [-0.2, -0.15) is 5.10 Å². The van der Waals surface area contributed by atoms with Crippen LogP contribution in [0.25, 0.3) is 23.1 Å². The SMILES string of the molecule is COCCN1CCN(C(=O)c2ccc(C=Cc3n[nH]c4ccccc34)cc2)CC1. The smallest absolute Gasteiger partial charge is 0.253 e. The maximum Gasteiger partial charge on any atom is 0.253 e. The van der Waals surface area contributed by atoms with Crippen molar-refractivity contribution in [2.75, 3.05) is 46.4 Å². The van der Waals surface area contributed by atoms with Gasteiger partial charge in [-0.15, -0.1) is 0 Å². The number of H-pyrrole nitrogens is 1. The van der Waals surface area contributed by atoms with E-state index in [1.807, 2.05) is 59.5 Å². The summed E-state index contributed by atoms with van der Waals surface area (Å²) < 4.78 is 5.13. The van der Waals surface area contributed by atoms with Crippen molar-refractivity contribution >= 4 is 29.0 Å². The Kier molecular flexibility index (Phi) is 6.03. The van der Waals surface area contributed by atoms with Gasteiger partial charge >= 0.3 is 0 Å². The van der Waals surface area contributed by atoms with E-state index in [2.05, 4.69) is 21.2 Å². The van der Waals surface area contributed by atoms with Crippen LogP contribution < -0.4 is 0 Å². The van der Waals surface area contributed by atoms with E-state index in [1.165, 1.54) is 0 Å². The van der Waals surface area contributed by atoms with Crippen molar-refractivity contribution in [3.05, 3.63) is 65.4 Å². The number of hydrogen-bond acceptors (Lipinski definition) is 4. The molecule has 1 saturated heterocycles. The van der Waals surface area contributed by atoms with Gasteiger partial charge in [-0.1, -0.05) is 36.4 Å². The van der Waals surface area contributed by atoms with Crippen molar-refractivity contribution in [3.8, 4) is 0 Å². The lowest BCUT2D eigenvalue weighted by Crippen LogP contribution is -2.49. The number of rotatable bonds is 6. The van der Waals surface area contributed by atoms with Crippen LogP contribution in [-0.4, -0.2) is 72.3 Å². The molecule has 6 nitrogen and oxygen atoms in total. The molecule has 0 aliphatic carbocycles. The Balaban J connectivity index is 1.37. The summed E-state index contributed by atoms with van der Waals surface area (Å²) in [7, 11) is 1.72. The Morgan fingerprint density at radius 3 is 2.59 bits per heavy atom. The second kappa shape index (κ2) is 9.03. The van der Waals surface area contributed by atoms with Gasteiger partial charge in [-0.3, -0.25) is 14.8 Å². The first kappa shape index (κ1) is 19.4. The Hall–Kier alpha value is -2.96. The number of fused-ring (bicyclic) bond motifs is 1. The van der Waals surface area contributed by atoms with E-state index in [-0.39, 0.29) is 5.91 Å². The zero-order valence-corrected chi connectivity index (χ0v) is 16.7. The highest BCUT2D eigenvalue weighted by Crippen LogP contribution is 2.18. The normalized spacial score (nSPS) is 15.4. The third kappa shape index (κ3) is 4.55. The Morgan fingerprint density at radius 1 is 1.07 bits per heavy atom. The van der Waals surface area contributed by atoms with Crippen LogP contribution in [-0.2, 0) is 4.74 Å². The van der Waals surface area contributed by atoms with Gasteiger partial charge in [0.2, 0.25) is 0 Å².